The Balaban J connectivity index is 2.13. The lowest BCUT2D eigenvalue weighted by Gasteiger charge is -2.42. The minimum atomic E-state index is -0.643. The molecule has 0 aliphatic heterocycles. The molecule has 0 heterocycles. The molecule has 0 bridgehead atoms. The van der Waals surface area contributed by atoms with Gasteiger partial charge in [0.15, 0.2) is 0 Å². The zero-order chi connectivity index (χ0) is 14.0. The molecule has 0 aromatic heterocycles. The molecule has 1 amide bonds. The molecule has 0 spiro atoms. The largest absolute Gasteiger partial charge is 0.393 e. The average Bonchev–Trinajstić information content (AvgIpc) is 2.42. The second kappa shape index (κ2) is 5.51. The maximum Gasteiger partial charge on any atom is 0.231 e. The van der Waals surface area contributed by atoms with Crippen molar-refractivity contribution in [2.45, 2.75) is 38.2 Å². The van der Waals surface area contributed by atoms with Crippen LogP contribution < -0.4 is 5.32 Å². The molecular weight excluding hydrogens is 262 g/mol. The first kappa shape index (κ1) is 14.4. The van der Waals surface area contributed by atoms with Gasteiger partial charge in [-0.2, -0.15) is 0 Å². The first-order valence-electron chi connectivity index (χ1n) is 6.64. The Morgan fingerprint density at radius 1 is 1.42 bits per heavy atom. The van der Waals surface area contributed by atoms with Gasteiger partial charge in [0.05, 0.1) is 16.9 Å². The van der Waals surface area contributed by atoms with Crippen molar-refractivity contribution in [2.75, 3.05) is 5.32 Å². The third kappa shape index (κ3) is 2.77. The summed E-state index contributed by atoms with van der Waals surface area (Å²) in [6.45, 7) is 3.78. The number of alkyl halides is 1. The van der Waals surface area contributed by atoms with Gasteiger partial charge in [0.25, 0.3) is 0 Å². The molecule has 3 nitrogen and oxygen atoms in total. The number of nitrogens with one attached hydrogen (secondary N) is 1. The number of carbonyl (C=O) groups excluding carboxylic acids is 1. The standard InChI is InChI=1S/C15H20ClNO2/c1-10-12(18)8-9-15(2,13(10)16)14(19)17-11-6-4-3-5-7-11/h3-7,10,12-13,18H,8-9H2,1-2H3,(H,17,19). The number of hydrogen-bond donors (Lipinski definition) is 2. The summed E-state index contributed by atoms with van der Waals surface area (Å²) in [5, 5.41) is 12.4. The van der Waals surface area contributed by atoms with E-state index in [0.717, 1.165) is 5.69 Å². The van der Waals surface area contributed by atoms with E-state index in [-0.39, 0.29) is 17.2 Å². The normalized spacial score (nSPS) is 34.8. The minimum absolute atomic E-state index is 0.0718. The summed E-state index contributed by atoms with van der Waals surface area (Å²) in [5.74, 6) is -0.153. The van der Waals surface area contributed by atoms with E-state index in [4.69, 9.17) is 11.6 Å². The highest BCUT2D eigenvalue weighted by Gasteiger charge is 2.48. The molecule has 4 heteroatoms. The van der Waals surface area contributed by atoms with Gasteiger partial charge < -0.3 is 10.4 Å². The number of amides is 1. The van der Waals surface area contributed by atoms with Crippen molar-refractivity contribution in [3.63, 3.8) is 0 Å². The number of rotatable bonds is 2. The van der Waals surface area contributed by atoms with Crippen LogP contribution in [0, 0.1) is 11.3 Å². The maximum absolute atomic E-state index is 12.5. The number of aliphatic hydroxyl groups is 1. The van der Waals surface area contributed by atoms with Gasteiger partial charge in [-0.3, -0.25) is 4.79 Å². The van der Waals surface area contributed by atoms with E-state index in [1.54, 1.807) is 0 Å². The van der Waals surface area contributed by atoms with Gasteiger partial charge in [-0.15, -0.1) is 11.6 Å². The summed E-state index contributed by atoms with van der Waals surface area (Å²) in [7, 11) is 0. The van der Waals surface area contributed by atoms with Crippen LogP contribution in [0.1, 0.15) is 26.7 Å². The van der Waals surface area contributed by atoms with Crippen LogP contribution in [0.4, 0.5) is 5.69 Å². The molecule has 1 aromatic rings. The van der Waals surface area contributed by atoms with Crippen molar-refractivity contribution >= 4 is 23.2 Å². The number of anilines is 1. The molecule has 0 radical (unpaired) electrons. The topological polar surface area (TPSA) is 49.3 Å². The summed E-state index contributed by atoms with van der Waals surface area (Å²) in [5.41, 5.74) is 0.132. The summed E-state index contributed by atoms with van der Waals surface area (Å²) in [4.78, 5) is 12.5. The fraction of sp³-hybridized carbons (Fsp3) is 0.533. The van der Waals surface area contributed by atoms with E-state index in [0.29, 0.717) is 12.8 Å². The molecular formula is C15H20ClNO2. The van der Waals surface area contributed by atoms with E-state index in [9.17, 15) is 9.90 Å². The number of para-hydroxylation sites is 1. The van der Waals surface area contributed by atoms with Crippen LogP contribution in [0.15, 0.2) is 30.3 Å². The highest BCUT2D eigenvalue weighted by atomic mass is 35.5. The summed E-state index contributed by atoms with van der Waals surface area (Å²) in [6.07, 6.45) is 0.800. The lowest BCUT2D eigenvalue weighted by atomic mass is 9.69. The van der Waals surface area contributed by atoms with Crippen LogP contribution >= 0.6 is 11.6 Å². The van der Waals surface area contributed by atoms with Gasteiger partial charge in [-0.1, -0.05) is 25.1 Å². The lowest BCUT2D eigenvalue weighted by molar-refractivity contribution is -0.128. The first-order valence-corrected chi connectivity index (χ1v) is 7.07. The Labute approximate surface area is 119 Å². The van der Waals surface area contributed by atoms with E-state index < -0.39 is 11.5 Å². The van der Waals surface area contributed by atoms with Crippen LogP contribution in [0.2, 0.25) is 0 Å². The maximum atomic E-state index is 12.5. The number of aliphatic hydroxyl groups excluding tert-OH is 1. The van der Waals surface area contributed by atoms with Crippen LogP contribution in [0.3, 0.4) is 0 Å². The highest BCUT2D eigenvalue weighted by molar-refractivity contribution is 6.23. The number of benzene rings is 1. The van der Waals surface area contributed by atoms with Gasteiger partial charge >= 0.3 is 0 Å². The molecule has 1 aliphatic carbocycles. The molecule has 1 saturated carbocycles. The SMILES string of the molecule is CC1C(O)CCC(C)(C(=O)Nc2ccccc2)C1Cl. The van der Waals surface area contributed by atoms with Gasteiger partial charge in [0.2, 0.25) is 5.91 Å². The van der Waals surface area contributed by atoms with E-state index in [1.165, 1.54) is 0 Å². The van der Waals surface area contributed by atoms with E-state index in [2.05, 4.69) is 5.32 Å². The fourth-order valence-corrected chi connectivity index (χ4v) is 3.03. The van der Waals surface area contributed by atoms with Crippen LogP contribution in [-0.2, 0) is 4.79 Å². The predicted molar refractivity (Wildman–Crippen MR) is 77.2 cm³/mol. The Hall–Kier alpha value is -1.06. The fourth-order valence-electron chi connectivity index (χ4n) is 2.66. The molecule has 1 fully saturated rings. The van der Waals surface area contributed by atoms with Crippen LogP contribution in [-0.4, -0.2) is 22.5 Å². The van der Waals surface area contributed by atoms with Crippen molar-refractivity contribution in [3.05, 3.63) is 30.3 Å². The molecule has 19 heavy (non-hydrogen) atoms. The Morgan fingerprint density at radius 3 is 2.68 bits per heavy atom. The molecule has 1 aromatic carbocycles. The van der Waals surface area contributed by atoms with E-state index >= 15 is 0 Å². The Bertz CT molecular complexity index is 451. The summed E-state index contributed by atoms with van der Waals surface area (Å²) < 4.78 is 0. The monoisotopic (exact) mass is 281 g/mol. The minimum Gasteiger partial charge on any atom is -0.393 e. The predicted octanol–water partition coefficient (Wildman–Crippen LogP) is 3.03. The summed E-state index contributed by atoms with van der Waals surface area (Å²) >= 11 is 6.41. The second-order valence-corrected chi connectivity index (χ2v) is 6.07. The average molecular weight is 282 g/mol. The van der Waals surface area contributed by atoms with Crippen LogP contribution in [0.5, 0.6) is 0 Å². The van der Waals surface area contributed by atoms with E-state index in [1.807, 2.05) is 44.2 Å². The van der Waals surface area contributed by atoms with Gasteiger partial charge in [-0.25, -0.2) is 0 Å². The lowest BCUT2D eigenvalue weighted by Crippen LogP contribution is -2.50. The molecule has 4 unspecified atom stereocenters. The molecule has 0 saturated heterocycles. The molecule has 104 valence electrons. The number of carbonyl (C=O) groups is 1. The van der Waals surface area contributed by atoms with Crippen LogP contribution in [0.25, 0.3) is 0 Å². The van der Waals surface area contributed by atoms with Gasteiger partial charge in [-0.05, 0) is 37.8 Å². The zero-order valence-electron chi connectivity index (χ0n) is 11.3. The van der Waals surface area contributed by atoms with Crippen molar-refractivity contribution in [1.82, 2.24) is 0 Å². The van der Waals surface area contributed by atoms with Gasteiger partial charge in [0, 0.05) is 5.69 Å². The second-order valence-electron chi connectivity index (χ2n) is 5.60. The Morgan fingerprint density at radius 2 is 2.05 bits per heavy atom. The quantitative estimate of drug-likeness (QED) is 0.819. The van der Waals surface area contributed by atoms with Crippen molar-refractivity contribution in [3.8, 4) is 0 Å². The highest BCUT2D eigenvalue weighted by Crippen LogP contribution is 2.43. The molecule has 2 N–H and O–H groups in total. The smallest absolute Gasteiger partial charge is 0.231 e. The summed E-state index contributed by atoms with van der Waals surface area (Å²) in [6, 6.07) is 9.37. The number of halogens is 1. The van der Waals surface area contributed by atoms with Crippen molar-refractivity contribution in [1.29, 1.82) is 0 Å². The third-order valence-electron chi connectivity index (χ3n) is 4.19. The zero-order valence-corrected chi connectivity index (χ0v) is 12.0. The molecule has 2 rings (SSSR count). The number of hydrogen-bond acceptors (Lipinski definition) is 2. The van der Waals surface area contributed by atoms with Crippen molar-refractivity contribution in [2.24, 2.45) is 11.3 Å². The Kier molecular flexibility index (Phi) is 4.16. The molecule has 1 aliphatic rings. The molecule has 4 atom stereocenters. The third-order valence-corrected chi connectivity index (χ3v) is 5.07. The van der Waals surface area contributed by atoms with Gasteiger partial charge in [0.1, 0.15) is 0 Å². The first-order chi connectivity index (χ1) is 8.95. The van der Waals surface area contributed by atoms with Crippen molar-refractivity contribution < 1.29 is 9.90 Å².